The first-order valence-electron chi connectivity index (χ1n) is 8.08. The molecule has 6 heteroatoms. The Balaban J connectivity index is 1.57. The lowest BCUT2D eigenvalue weighted by atomic mass is 10.1. The van der Waals surface area contributed by atoms with E-state index in [4.69, 9.17) is 4.74 Å². The Morgan fingerprint density at radius 2 is 1.85 bits per heavy atom. The molecule has 0 saturated heterocycles. The van der Waals surface area contributed by atoms with E-state index in [2.05, 4.69) is 0 Å². The molecule has 0 fully saturated rings. The van der Waals surface area contributed by atoms with E-state index in [0.29, 0.717) is 16.8 Å². The summed E-state index contributed by atoms with van der Waals surface area (Å²) >= 11 is 1.21. The van der Waals surface area contributed by atoms with Crippen LogP contribution in [0.5, 0.6) is 0 Å². The number of carbonyl (C=O) groups is 2. The average Bonchev–Trinajstić information content (AvgIpc) is 3.04. The van der Waals surface area contributed by atoms with Gasteiger partial charge in [-0.05, 0) is 42.1 Å². The number of hydrogen-bond acceptors (Lipinski definition) is 4. The van der Waals surface area contributed by atoms with Crippen molar-refractivity contribution in [2.45, 2.75) is 13.5 Å². The van der Waals surface area contributed by atoms with Crippen molar-refractivity contribution in [3.8, 4) is 0 Å². The van der Waals surface area contributed by atoms with Crippen molar-refractivity contribution in [1.29, 1.82) is 0 Å². The molecule has 0 aliphatic carbocycles. The third-order valence-corrected chi connectivity index (χ3v) is 5.07. The van der Waals surface area contributed by atoms with E-state index in [-0.39, 0.29) is 18.3 Å². The minimum Gasteiger partial charge on any atom is -0.451 e. The van der Waals surface area contributed by atoms with Crippen molar-refractivity contribution in [2.24, 2.45) is 0 Å². The van der Waals surface area contributed by atoms with Crippen molar-refractivity contribution >= 4 is 33.3 Å². The van der Waals surface area contributed by atoms with Gasteiger partial charge in [-0.3, -0.25) is 4.79 Å². The van der Waals surface area contributed by atoms with Crippen LogP contribution >= 0.6 is 11.3 Å². The Kier molecular flexibility index (Phi) is 5.32. The minimum absolute atomic E-state index is 0.286. The number of likely N-dealkylation sites (N-methyl/N-ethyl adjacent to an activating group) is 1. The second-order valence-electron chi connectivity index (χ2n) is 6.10. The summed E-state index contributed by atoms with van der Waals surface area (Å²) in [5, 5.41) is 0.643. The molecule has 0 spiro atoms. The number of esters is 1. The highest BCUT2D eigenvalue weighted by Crippen LogP contribution is 2.26. The van der Waals surface area contributed by atoms with Crippen LogP contribution in [-0.2, 0) is 16.1 Å². The van der Waals surface area contributed by atoms with Gasteiger partial charge in [0.05, 0.1) is 0 Å². The molecule has 3 rings (SSSR count). The van der Waals surface area contributed by atoms with Gasteiger partial charge in [0, 0.05) is 18.3 Å². The zero-order chi connectivity index (χ0) is 18.7. The van der Waals surface area contributed by atoms with Crippen LogP contribution in [0.25, 0.3) is 10.1 Å². The molecule has 0 atom stereocenters. The molecule has 0 saturated carbocycles. The number of aryl methyl sites for hydroxylation is 1. The van der Waals surface area contributed by atoms with Gasteiger partial charge in [0.25, 0.3) is 5.91 Å². The number of fused-ring (bicyclic) bond motifs is 1. The molecule has 0 aliphatic heterocycles. The molecule has 0 N–H and O–H groups in total. The van der Waals surface area contributed by atoms with E-state index in [1.54, 1.807) is 19.2 Å². The first-order valence-corrected chi connectivity index (χ1v) is 8.90. The monoisotopic (exact) mass is 371 g/mol. The normalized spacial score (nSPS) is 10.7. The second kappa shape index (κ2) is 7.66. The number of ether oxygens (including phenoxy) is 1. The van der Waals surface area contributed by atoms with Gasteiger partial charge < -0.3 is 9.64 Å². The van der Waals surface area contributed by atoms with E-state index >= 15 is 0 Å². The smallest absolute Gasteiger partial charge is 0.348 e. The van der Waals surface area contributed by atoms with Gasteiger partial charge in [0.2, 0.25) is 0 Å². The minimum atomic E-state index is -0.580. The molecule has 1 aromatic heterocycles. The van der Waals surface area contributed by atoms with Gasteiger partial charge in [0.1, 0.15) is 10.7 Å². The summed E-state index contributed by atoms with van der Waals surface area (Å²) in [5.41, 5.74) is 2.16. The number of thiophene rings is 1. The fourth-order valence-electron chi connectivity index (χ4n) is 2.48. The summed E-state index contributed by atoms with van der Waals surface area (Å²) < 4.78 is 19.1. The van der Waals surface area contributed by atoms with Crippen molar-refractivity contribution in [3.63, 3.8) is 0 Å². The van der Waals surface area contributed by atoms with Gasteiger partial charge in [-0.1, -0.05) is 29.8 Å². The molecular weight excluding hydrogens is 353 g/mol. The molecule has 1 amide bonds. The Labute approximate surface area is 154 Å². The number of amides is 1. The Hall–Kier alpha value is -2.73. The summed E-state index contributed by atoms with van der Waals surface area (Å²) in [6.07, 6.45) is 0. The van der Waals surface area contributed by atoms with E-state index in [0.717, 1.165) is 15.8 Å². The summed E-state index contributed by atoms with van der Waals surface area (Å²) in [6, 6.07) is 13.8. The number of carbonyl (C=O) groups excluding carboxylic acids is 2. The lowest BCUT2D eigenvalue weighted by Gasteiger charge is -2.17. The maximum absolute atomic E-state index is 13.2. The molecule has 0 aliphatic rings. The zero-order valence-electron chi connectivity index (χ0n) is 14.5. The standard InChI is InChI=1S/C20H18FNO3S/c1-13-3-5-14(6-4-13)11-22(2)19(23)12-25-20(24)18-10-15-9-16(21)7-8-17(15)26-18/h3-10H,11-12H2,1-2H3. The predicted octanol–water partition coefficient (Wildman–Crippen LogP) is 4.16. The maximum atomic E-state index is 13.2. The van der Waals surface area contributed by atoms with Crippen LogP contribution in [0.4, 0.5) is 4.39 Å². The van der Waals surface area contributed by atoms with E-state index in [1.165, 1.54) is 28.4 Å². The van der Waals surface area contributed by atoms with Gasteiger partial charge in [-0.2, -0.15) is 0 Å². The van der Waals surface area contributed by atoms with Crippen LogP contribution in [-0.4, -0.2) is 30.4 Å². The average molecular weight is 371 g/mol. The van der Waals surface area contributed by atoms with Gasteiger partial charge in [-0.25, -0.2) is 9.18 Å². The van der Waals surface area contributed by atoms with Crippen LogP contribution in [0.2, 0.25) is 0 Å². The molecule has 3 aromatic rings. The summed E-state index contributed by atoms with van der Waals surface area (Å²) in [7, 11) is 1.66. The Morgan fingerprint density at radius 1 is 1.12 bits per heavy atom. The third-order valence-electron chi connectivity index (χ3n) is 3.97. The van der Waals surface area contributed by atoms with Crippen LogP contribution in [0.1, 0.15) is 20.8 Å². The molecule has 0 bridgehead atoms. The summed E-state index contributed by atoms with van der Waals surface area (Å²) in [6.45, 7) is 2.11. The van der Waals surface area contributed by atoms with Crippen molar-refractivity contribution < 1.29 is 18.7 Å². The molecule has 4 nitrogen and oxygen atoms in total. The number of rotatable bonds is 5. The van der Waals surface area contributed by atoms with E-state index < -0.39 is 5.97 Å². The second-order valence-corrected chi connectivity index (χ2v) is 7.19. The molecule has 2 aromatic carbocycles. The Morgan fingerprint density at radius 3 is 2.58 bits per heavy atom. The molecule has 0 radical (unpaired) electrons. The Bertz CT molecular complexity index is 949. The molecule has 26 heavy (non-hydrogen) atoms. The number of hydrogen-bond donors (Lipinski definition) is 0. The van der Waals surface area contributed by atoms with Crippen LogP contribution < -0.4 is 0 Å². The first-order chi connectivity index (χ1) is 12.4. The van der Waals surface area contributed by atoms with Crippen molar-refractivity contribution in [2.75, 3.05) is 13.7 Å². The highest BCUT2D eigenvalue weighted by atomic mass is 32.1. The summed E-state index contributed by atoms with van der Waals surface area (Å²) in [5.74, 6) is -1.22. The molecular formula is C20H18FNO3S. The predicted molar refractivity (Wildman–Crippen MR) is 99.7 cm³/mol. The van der Waals surface area contributed by atoms with E-state index in [9.17, 15) is 14.0 Å². The van der Waals surface area contributed by atoms with Crippen LogP contribution in [0, 0.1) is 12.7 Å². The number of nitrogens with zero attached hydrogens (tertiary/aromatic N) is 1. The maximum Gasteiger partial charge on any atom is 0.348 e. The van der Waals surface area contributed by atoms with Gasteiger partial charge in [-0.15, -0.1) is 11.3 Å². The molecule has 1 heterocycles. The van der Waals surface area contributed by atoms with Gasteiger partial charge in [0.15, 0.2) is 6.61 Å². The largest absolute Gasteiger partial charge is 0.451 e. The van der Waals surface area contributed by atoms with Gasteiger partial charge >= 0.3 is 5.97 Å². The topological polar surface area (TPSA) is 46.6 Å². The first kappa shape index (κ1) is 18.1. The SMILES string of the molecule is Cc1ccc(CN(C)C(=O)COC(=O)c2cc3cc(F)ccc3s2)cc1. The molecule has 0 unspecified atom stereocenters. The van der Waals surface area contributed by atoms with Crippen molar-refractivity contribution in [3.05, 3.63) is 70.4 Å². The lowest BCUT2D eigenvalue weighted by Crippen LogP contribution is -2.30. The quantitative estimate of drug-likeness (QED) is 0.633. The highest BCUT2D eigenvalue weighted by Gasteiger charge is 2.16. The van der Waals surface area contributed by atoms with E-state index in [1.807, 2.05) is 31.2 Å². The molecule has 134 valence electrons. The highest BCUT2D eigenvalue weighted by molar-refractivity contribution is 7.20. The van der Waals surface area contributed by atoms with Crippen LogP contribution in [0.3, 0.4) is 0 Å². The van der Waals surface area contributed by atoms with Crippen molar-refractivity contribution in [1.82, 2.24) is 4.90 Å². The van der Waals surface area contributed by atoms with Crippen LogP contribution in [0.15, 0.2) is 48.5 Å². The lowest BCUT2D eigenvalue weighted by molar-refractivity contribution is -0.133. The summed E-state index contributed by atoms with van der Waals surface area (Å²) in [4.78, 5) is 26.2. The zero-order valence-corrected chi connectivity index (χ0v) is 15.3. The number of benzene rings is 2. The fourth-order valence-corrected chi connectivity index (χ4v) is 3.42. The number of halogens is 1. The third kappa shape index (κ3) is 4.26. The fraction of sp³-hybridized carbons (Fsp3) is 0.200.